The van der Waals surface area contributed by atoms with E-state index < -0.39 is 0 Å². The summed E-state index contributed by atoms with van der Waals surface area (Å²) in [6.07, 6.45) is 0. The van der Waals surface area contributed by atoms with Crippen molar-refractivity contribution in [1.82, 2.24) is 14.9 Å². The average Bonchev–Trinajstić information content (AvgIpc) is 2.51. The van der Waals surface area contributed by atoms with Crippen LogP contribution in [0.2, 0.25) is 0 Å². The van der Waals surface area contributed by atoms with E-state index in [4.69, 9.17) is 0 Å². The van der Waals surface area contributed by atoms with E-state index in [-0.39, 0.29) is 18.0 Å². The Labute approximate surface area is 144 Å². The van der Waals surface area contributed by atoms with E-state index in [9.17, 15) is 4.79 Å². The third kappa shape index (κ3) is 3.48. The molecule has 4 nitrogen and oxygen atoms in total. The van der Waals surface area contributed by atoms with E-state index in [1.807, 2.05) is 77.6 Å². The summed E-state index contributed by atoms with van der Waals surface area (Å²) >= 11 is 0. The number of carbonyl (C=O) groups excluding carboxylic acids is 1. The Kier molecular flexibility index (Phi) is 5.37. The van der Waals surface area contributed by atoms with Gasteiger partial charge in [-0.25, -0.2) is 9.97 Å². The molecule has 4 heteroatoms. The topological polar surface area (TPSA) is 46.1 Å². The summed E-state index contributed by atoms with van der Waals surface area (Å²) in [7, 11) is 0. The lowest BCUT2D eigenvalue weighted by Gasteiger charge is -2.31. The number of aryl methyl sites for hydroxylation is 2. The molecule has 0 aliphatic carbocycles. The maximum atomic E-state index is 13.1. The Balaban J connectivity index is 2.58. The molecule has 24 heavy (non-hydrogen) atoms. The number of amides is 1. The van der Waals surface area contributed by atoms with Crippen LogP contribution in [0.25, 0.3) is 11.4 Å². The van der Waals surface area contributed by atoms with Crippen molar-refractivity contribution in [2.45, 2.75) is 60.5 Å². The average molecular weight is 325 g/mol. The van der Waals surface area contributed by atoms with E-state index in [0.29, 0.717) is 11.4 Å². The first-order valence-electron chi connectivity index (χ1n) is 8.48. The molecule has 0 radical (unpaired) electrons. The molecule has 2 rings (SSSR count). The maximum Gasteiger partial charge on any atom is 0.255 e. The van der Waals surface area contributed by atoms with Crippen molar-refractivity contribution in [3.8, 4) is 11.4 Å². The fraction of sp³-hybridized carbons (Fsp3) is 0.450. The molecule has 2 aromatic rings. The van der Waals surface area contributed by atoms with Gasteiger partial charge < -0.3 is 4.90 Å². The van der Waals surface area contributed by atoms with Crippen molar-refractivity contribution < 1.29 is 4.79 Å². The molecule has 0 saturated heterocycles. The summed E-state index contributed by atoms with van der Waals surface area (Å²) in [5.74, 6) is 0.641. The second-order valence-corrected chi connectivity index (χ2v) is 6.79. The Bertz CT molecular complexity index is 719. The van der Waals surface area contributed by atoms with Gasteiger partial charge in [-0.15, -0.1) is 0 Å². The van der Waals surface area contributed by atoms with Crippen LogP contribution in [0.4, 0.5) is 0 Å². The molecule has 1 heterocycles. The second kappa shape index (κ2) is 7.12. The third-order valence-electron chi connectivity index (χ3n) is 4.38. The Morgan fingerprint density at radius 2 is 1.42 bits per heavy atom. The van der Waals surface area contributed by atoms with E-state index in [2.05, 4.69) is 9.97 Å². The summed E-state index contributed by atoms with van der Waals surface area (Å²) in [5, 5.41) is 0. The van der Waals surface area contributed by atoms with Gasteiger partial charge in [0.15, 0.2) is 5.82 Å². The zero-order chi connectivity index (χ0) is 18.0. The highest BCUT2D eigenvalue weighted by Crippen LogP contribution is 2.25. The highest BCUT2D eigenvalue weighted by Gasteiger charge is 2.24. The van der Waals surface area contributed by atoms with Gasteiger partial charge in [-0.05, 0) is 60.1 Å². The van der Waals surface area contributed by atoms with Gasteiger partial charge in [0.2, 0.25) is 0 Å². The van der Waals surface area contributed by atoms with Gasteiger partial charge in [0.1, 0.15) is 0 Å². The zero-order valence-corrected chi connectivity index (χ0v) is 15.7. The Morgan fingerprint density at radius 1 is 0.917 bits per heavy atom. The summed E-state index contributed by atoms with van der Waals surface area (Å²) in [5.41, 5.74) is 4.43. The molecule has 128 valence electrons. The molecule has 0 N–H and O–H groups in total. The quantitative estimate of drug-likeness (QED) is 0.840. The minimum atomic E-state index is 0.0232. The lowest BCUT2D eigenvalue weighted by atomic mass is 10.0. The predicted molar refractivity (Wildman–Crippen MR) is 98.1 cm³/mol. The highest BCUT2D eigenvalue weighted by molar-refractivity contribution is 6.00. The minimum Gasteiger partial charge on any atom is -0.334 e. The van der Waals surface area contributed by atoms with Crippen LogP contribution in [0.5, 0.6) is 0 Å². The van der Waals surface area contributed by atoms with E-state index >= 15 is 0 Å². The van der Waals surface area contributed by atoms with Crippen LogP contribution in [-0.4, -0.2) is 32.9 Å². The summed E-state index contributed by atoms with van der Waals surface area (Å²) in [4.78, 5) is 24.3. The smallest absolute Gasteiger partial charge is 0.255 e. The molecule has 0 saturated carbocycles. The van der Waals surface area contributed by atoms with Crippen LogP contribution in [0.15, 0.2) is 24.3 Å². The molecule has 0 atom stereocenters. The minimum absolute atomic E-state index is 0.0232. The molecule has 1 aromatic carbocycles. The maximum absolute atomic E-state index is 13.1. The van der Waals surface area contributed by atoms with Crippen LogP contribution in [-0.2, 0) is 0 Å². The highest BCUT2D eigenvalue weighted by atomic mass is 16.2. The zero-order valence-electron chi connectivity index (χ0n) is 15.7. The van der Waals surface area contributed by atoms with Crippen LogP contribution in [0.1, 0.15) is 55.0 Å². The molecule has 0 unspecified atom stereocenters. The molecule has 0 aliphatic heterocycles. The number of hydrogen-bond donors (Lipinski definition) is 0. The first-order chi connectivity index (χ1) is 11.2. The Hall–Kier alpha value is -2.23. The van der Waals surface area contributed by atoms with Gasteiger partial charge in [0, 0.05) is 29.0 Å². The van der Waals surface area contributed by atoms with Gasteiger partial charge in [0.05, 0.1) is 5.56 Å². The molecule has 0 aliphatic rings. The number of rotatable bonds is 4. The monoisotopic (exact) mass is 325 g/mol. The lowest BCUT2D eigenvalue weighted by Crippen LogP contribution is -2.42. The summed E-state index contributed by atoms with van der Waals surface area (Å²) in [6.45, 7) is 14.1. The molecule has 0 spiro atoms. The van der Waals surface area contributed by atoms with Crippen molar-refractivity contribution in [3.05, 3.63) is 46.8 Å². The van der Waals surface area contributed by atoms with E-state index in [0.717, 1.165) is 22.5 Å². The first-order valence-corrected chi connectivity index (χ1v) is 8.48. The van der Waals surface area contributed by atoms with Crippen molar-refractivity contribution in [1.29, 1.82) is 0 Å². The molecule has 1 amide bonds. The fourth-order valence-electron chi connectivity index (χ4n) is 2.96. The first kappa shape index (κ1) is 18.1. The van der Waals surface area contributed by atoms with Crippen molar-refractivity contribution in [3.63, 3.8) is 0 Å². The molecular formula is C20H27N3O. The number of carbonyl (C=O) groups is 1. The summed E-state index contributed by atoms with van der Waals surface area (Å²) in [6, 6.07) is 7.87. The van der Waals surface area contributed by atoms with Crippen molar-refractivity contribution in [2.75, 3.05) is 0 Å². The van der Waals surface area contributed by atoms with Crippen LogP contribution < -0.4 is 0 Å². The molecule has 0 fully saturated rings. The van der Waals surface area contributed by atoms with Crippen molar-refractivity contribution >= 4 is 5.91 Å². The van der Waals surface area contributed by atoms with E-state index in [1.165, 1.54) is 0 Å². The lowest BCUT2D eigenvalue weighted by molar-refractivity contribution is 0.0644. The van der Waals surface area contributed by atoms with Gasteiger partial charge in [-0.3, -0.25) is 4.79 Å². The van der Waals surface area contributed by atoms with Crippen molar-refractivity contribution in [2.24, 2.45) is 0 Å². The number of benzene rings is 1. The molecule has 0 bridgehead atoms. The van der Waals surface area contributed by atoms with E-state index in [1.54, 1.807) is 0 Å². The fourth-order valence-corrected chi connectivity index (χ4v) is 2.96. The normalized spacial score (nSPS) is 11.2. The van der Waals surface area contributed by atoms with Gasteiger partial charge >= 0.3 is 0 Å². The SMILES string of the molecule is Cc1nc(-c2ccccc2C(=O)N(C(C)C)C(C)C)nc(C)c1C. The standard InChI is InChI=1S/C20H27N3O/c1-12(2)23(13(3)4)20(24)18-11-9-8-10-17(18)19-21-15(6)14(5)16(7)22-19/h8-13H,1-7H3. The van der Waals surface area contributed by atoms with Crippen LogP contribution >= 0.6 is 0 Å². The third-order valence-corrected chi connectivity index (χ3v) is 4.38. The predicted octanol–water partition coefficient (Wildman–Crippen LogP) is 4.33. The number of aromatic nitrogens is 2. The summed E-state index contributed by atoms with van der Waals surface area (Å²) < 4.78 is 0. The second-order valence-electron chi connectivity index (χ2n) is 6.79. The van der Waals surface area contributed by atoms with Crippen LogP contribution in [0, 0.1) is 20.8 Å². The van der Waals surface area contributed by atoms with Gasteiger partial charge in [0.25, 0.3) is 5.91 Å². The molecule has 1 aromatic heterocycles. The number of hydrogen-bond acceptors (Lipinski definition) is 3. The molecular weight excluding hydrogens is 298 g/mol. The van der Waals surface area contributed by atoms with Gasteiger partial charge in [-0.1, -0.05) is 18.2 Å². The van der Waals surface area contributed by atoms with Crippen LogP contribution in [0.3, 0.4) is 0 Å². The largest absolute Gasteiger partial charge is 0.334 e. The van der Waals surface area contributed by atoms with Gasteiger partial charge in [-0.2, -0.15) is 0 Å². The Morgan fingerprint density at radius 3 is 1.92 bits per heavy atom. The number of nitrogens with zero attached hydrogens (tertiary/aromatic N) is 3.